The third-order valence-corrected chi connectivity index (χ3v) is 37.3. The van der Waals surface area contributed by atoms with Gasteiger partial charge in [0.05, 0.1) is 31.9 Å². The highest BCUT2D eigenvalue weighted by Crippen LogP contribution is 2.39. The lowest BCUT2D eigenvalue weighted by Crippen LogP contribution is -2.45. The van der Waals surface area contributed by atoms with Gasteiger partial charge in [-0.15, -0.1) is 0 Å². The number of nitriles is 2. The third-order valence-electron chi connectivity index (χ3n) is 22.3. The molecule has 33 nitrogen and oxygen atoms in total. The summed E-state index contributed by atoms with van der Waals surface area (Å²) in [6, 6.07) is 4.04. The Morgan fingerprint density at radius 3 is 0.957 bits per heavy atom. The van der Waals surface area contributed by atoms with Crippen molar-refractivity contribution >= 4 is 82.0 Å². The molecule has 10 N–H and O–H groups in total. The first-order valence-electron chi connectivity index (χ1n) is 43.2. The second-order valence-corrected chi connectivity index (χ2v) is 52.0. The van der Waals surface area contributed by atoms with Crippen LogP contribution >= 0.6 is 0 Å². The normalized spacial score (nSPS) is 23.2. The van der Waals surface area contributed by atoms with Gasteiger partial charge in [0.25, 0.3) is 12.5 Å². The van der Waals surface area contributed by atoms with Crippen LogP contribution in [0.2, 0.25) is 76.6 Å². The number of nitrogens with zero attached hydrogens (tertiary/aromatic N) is 4. The zero-order valence-electron chi connectivity index (χ0n) is 71.6. The number of aliphatic imine (C=N–C) groups is 2. The van der Waals surface area contributed by atoms with Crippen molar-refractivity contribution in [1.29, 1.82) is 10.5 Å². The first-order valence-corrected chi connectivity index (χ1v) is 55.7. The average Bonchev–Trinajstić information content (AvgIpc) is 0.888. The molecule has 2 atom stereocenters. The maximum atomic E-state index is 12.3. The van der Waals surface area contributed by atoms with E-state index in [-0.39, 0.29) is 96.4 Å². The van der Waals surface area contributed by atoms with E-state index >= 15 is 0 Å². The Labute approximate surface area is 699 Å². The van der Waals surface area contributed by atoms with Gasteiger partial charge in [-0.05, 0) is 311 Å². The number of hydrogen-bond acceptors (Lipinski definition) is 27. The van der Waals surface area contributed by atoms with Crippen LogP contribution in [0.15, 0.2) is 9.98 Å². The van der Waals surface area contributed by atoms with Crippen LogP contribution in [0.3, 0.4) is 0 Å². The molecule has 37 heteroatoms. The predicted molar refractivity (Wildman–Crippen MR) is 448 cm³/mol. The Balaban J connectivity index is 0.000000549. The Morgan fingerprint density at radius 2 is 0.658 bits per heavy atom. The van der Waals surface area contributed by atoms with E-state index in [1.54, 1.807) is 18.4 Å². The molecule has 0 aromatic heterocycles. The molecule has 6 rings (SSSR count). The van der Waals surface area contributed by atoms with Gasteiger partial charge in [-0.25, -0.2) is 48.3 Å². The minimum atomic E-state index is -2.02. The summed E-state index contributed by atoms with van der Waals surface area (Å²) in [6.45, 7) is 19.8. The quantitative estimate of drug-likeness (QED) is 0.00676. The van der Waals surface area contributed by atoms with Crippen LogP contribution in [-0.2, 0) is 60.5 Å². The number of carbonyl (C=O) groups is 6. The highest BCUT2D eigenvalue weighted by Gasteiger charge is 2.36. The summed E-state index contributed by atoms with van der Waals surface area (Å²) in [5.74, 6) is 4.04. The van der Waals surface area contributed by atoms with E-state index in [9.17, 15) is 38.4 Å². The molecule has 0 bridgehead atoms. The standard InChI is InChI=1S/C45H78N6O12Si2.C16H36N2O7Si2.C15H22N2O2.C4H10O2/c1-64(2,27-5-21-47-42(53)57-23-25-59-44(55)50-39-16-9-35(10-17-39)29-34-7-14-38(15-8-34)49-33-52)63-65(3,4)28-6-22-48-43(54)58-24-26-60-45(56)51-41-20-13-37(31-61-41)30-36-11-18-40(19-12-36)62-32-46;1-26(2,13-5-7-17-15(21)23-11-9-19)25-27(3,4)14-6-8-18-16(22)24-12-10-20;16-10-19-15-7-3-13(4-8-15)9-12-1-5-14(6-2-12)17-11-18;5-3-1-2-4-6/h34-41H,5-31H2,1-4H3,(H,47,53)(H,48,54)(H,50,55)(H,51,56);19-20H,5-14H2,1-4H3,(H,17,21)(H,18,22);12-15H,1-9H2;5-6H,1-4H2. The summed E-state index contributed by atoms with van der Waals surface area (Å²) in [6.07, 6.45) is 34.6. The minimum Gasteiger partial charge on any atom is -0.455 e. The summed E-state index contributed by atoms with van der Waals surface area (Å²) in [4.78, 5) is 100. The Bertz CT molecular complexity index is 2880. The molecule has 1 aliphatic heterocycles. The molecule has 0 aromatic rings. The first-order chi connectivity index (χ1) is 56.0. The predicted octanol–water partition coefficient (Wildman–Crippen LogP) is 12.9. The molecule has 0 radical (unpaired) electrons. The Morgan fingerprint density at radius 1 is 0.368 bits per heavy atom. The van der Waals surface area contributed by atoms with Crippen LogP contribution < -0.4 is 31.9 Å². The number of isocyanates is 2. The van der Waals surface area contributed by atoms with Gasteiger partial charge in [-0.2, -0.15) is 10.5 Å². The smallest absolute Gasteiger partial charge is 0.409 e. The molecule has 0 spiro atoms. The summed E-state index contributed by atoms with van der Waals surface area (Å²) in [5, 5.41) is 67.1. The summed E-state index contributed by atoms with van der Waals surface area (Å²) >= 11 is 0. The topological polar surface area (TPSA) is 463 Å². The van der Waals surface area contributed by atoms with E-state index in [1.807, 2.05) is 6.26 Å². The van der Waals surface area contributed by atoms with Crippen molar-refractivity contribution in [2.24, 2.45) is 45.5 Å². The van der Waals surface area contributed by atoms with Crippen molar-refractivity contribution in [2.45, 2.75) is 312 Å². The Hall–Kier alpha value is -6.45. The van der Waals surface area contributed by atoms with Crippen molar-refractivity contribution < 1.29 is 110 Å². The lowest BCUT2D eigenvalue weighted by molar-refractivity contribution is -0.0406. The van der Waals surface area contributed by atoms with E-state index in [0.29, 0.717) is 62.9 Å². The lowest BCUT2D eigenvalue weighted by atomic mass is 9.76. The number of aliphatic hydroxyl groups excluding tert-OH is 4. The van der Waals surface area contributed by atoms with Crippen LogP contribution in [0.25, 0.3) is 0 Å². The highest BCUT2D eigenvalue weighted by atomic mass is 28.4. The zero-order chi connectivity index (χ0) is 86.0. The SMILES string of the molecule is C[Si](C)(CCCNC(=O)OCCO)O[Si](C)(C)CCCNC(=O)OCCO.C[Si](C)(CCCNC(=O)OCCOC(=O)NC1CCC(CC2CCC(N=C=O)CC2)CC1)O[Si](C)(C)CCCNC(=O)OCCOC(=O)NC1CCC(CC2CCC(OC#N)CC2)CO1.N#COC1CCC(CC2CCC(N=C=O)CC2)CC1.OCCCCO. The Kier molecular flexibility index (Phi) is 55.3. The molecule has 6 fully saturated rings. The third kappa shape index (κ3) is 53.0. The summed E-state index contributed by atoms with van der Waals surface area (Å²) in [5.41, 5.74) is 0. The number of nitrogens with one attached hydrogen (secondary N) is 6. The van der Waals surface area contributed by atoms with Gasteiger partial charge in [0.2, 0.25) is 12.2 Å². The van der Waals surface area contributed by atoms with Crippen molar-refractivity contribution in [3.63, 3.8) is 0 Å². The summed E-state index contributed by atoms with van der Waals surface area (Å²) in [7, 11) is -7.74. The molecule has 2 unspecified atom stereocenters. The maximum absolute atomic E-state index is 12.3. The molecule has 1 heterocycles. The van der Waals surface area contributed by atoms with Gasteiger partial charge in [0, 0.05) is 45.4 Å². The molecule has 117 heavy (non-hydrogen) atoms. The number of hydrogen-bond donors (Lipinski definition) is 10. The fourth-order valence-corrected chi connectivity index (χ4v) is 34.2. The molecular formula is C80H146N10O23Si4. The van der Waals surface area contributed by atoms with Gasteiger partial charge >= 0.3 is 36.6 Å². The average molecular weight is 1730 g/mol. The maximum Gasteiger partial charge on any atom is 0.409 e. The van der Waals surface area contributed by atoms with Gasteiger partial charge in [0.15, 0.2) is 33.3 Å². The largest absolute Gasteiger partial charge is 0.455 e. The number of rotatable bonds is 45. The molecule has 5 aliphatic carbocycles. The fraction of sp³-hybridized carbons (Fsp3) is 0.875. The van der Waals surface area contributed by atoms with Crippen LogP contribution in [0.1, 0.15) is 199 Å². The van der Waals surface area contributed by atoms with Gasteiger partial charge in [0.1, 0.15) is 58.1 Å². The zero-order valence-corrected chi connectivity index (χ0v) is 75.6. The number of ether oxygens (including phenoxy) is 9. The van der Waals surface area contributed by atoms with E-state index < -0.39 is 76.1 Å². The van der Waals surface area contributed by atoms with E-state index in [0.717, 1.165) is 190 Å². The van der Waals surface area contributed by atoms with Crippen LogP contribution in [-0.4, -0.2) is 238 Å². The molecule has 6 amide bonds. The van der Waals surface area contributed by atoms with Crippen LogP contribution in [0, 0.1) is 58.5 Å². The molecular weight excluding hydrogens is 1580 g/mol. The van der Waals surface area contributed by atoms with Crippen LogP contribution in [0.5, 0.6) is 0 Å². The van der Waals surface area contributed by atoms with Crippen molar-refractivity contribution in [2.75, 3.05) is 98.9 Å². The van der Waals surface area contributed by atoms with E-state index in [1.165, 1.54) is 38.5 Å². The molecule has 1 saturated heterocycles. The summed E-state index contributed by atoms with van der Waals surface area (Å²) < 4.78 is 59.4. The number of carbonyl (C=O) groups excluding carboxylic acids is 8. The van der Waals surface area contributed by atoms with Crippen molar-refractivity contribution in [3.8, 4) is 12.5 Å². The molecule has 5 saturated carbocycles. The van der Waals surface area contributed by atoms with E-state index in [4.69, 9.17) is 81.8 Å². The number of amides is 6. The van der Waals surface area contributed by atoms with Gasteiger partial charge in [-0.1, -0.05) is 0 Å². The van der Waals surface area contributed by atoms with Crippen molar-refractivity contribution in [1.82, 2.24) is 31.9 Å². The lowest BCUT2D eigenvalue weighted by Gasteiger charge is -2.34. The second kappa shape index (κ2) is 61.8. The van der Waals surface area contributed by atoms with E-state index in [2.05, 4.69) is 94.3 Å². The number of alkyl carbamates (subject to hydrolysis) is 6. The van der Waals surface area contributed by atoms with Crippen LogP contribution in [0.4, 0.5) is 28.8 Å². The highest BCUT2D eigenvalue weighted by molar-refractivity contribution is 6.85. The molecule has 670 valence electrons. The van der Waals surface area contributed by atoms with Gasteiger partial charge in [-0.3, -0.25) is 5.32 Å². The number of aliphatic hydroxyl groups is 4. The minimum absolute atomic E-state index is 0.00297. The van der Waals surface area contributed by atoms with Gasteiger partial charge < -0.3 is 97.9 Å². The molecule has 0 aromatic carbocycles. The first kappa shape index (κ1) is 105. The monoisotopic (exact) mass is 1730 g/mol. The number of unbranched alkanes of at least 4 members (excludes halogenated alkanes) is 1. The van der Waals surface area contributed by atoms with Crippen molar-refractivity contribution in [3.05, 3.63) is 0 Å². The fourth-order valence-electron chi connectivity index (χ4n) is 16.5. The molecule has 6 aliphatic rings. The second-order valence-electron chi connectivity index (χ2n) is 34.3.